The Labute approximate surface area is 137 Å². The van der Waals surface area contributed by atoms with Gasteiger partial charge in [0.05, 0.1) is 0 Å². The average Bonchev–Trinajstić information content (AvgIpc) is 2.55. The molecule has 1 aliphatic heterocycles. The lowest BCUT2D eigenvalue weighted by atomic mass is 9.99. The number of phenolic OH excluding ortho intramolecular Hbond substituents is 1. The van der Waals surface area contributed by atoms with Crippen LogP contribution in [0.1, 0.15) is 12.0 Å². The highest BCUT2D eigenvalue weighted by Gasteiger charge is 2.31. The van der Waals surface area contributed by atoms with Crippen LogP contribution >= 0.6 is 0 Å². The fourth-order valence-corrected chi connectivity index (χ4v) is 2.70. The molecular formula is C18H16F3NO2. The summed E-state index contributed by atoms with van der Waals surface area (Å²) < 4.78 is 40.4. The minimum absolute atomic E-state index is 0.214. The summed E-state index contributed by atoms with van der Waals surface area (Å²) in [7, 11) is 0. The van der Waals surface area contributed by atoms with Gasteiger partial charge >= 0.3 is 6.36 Å². The van der Waals surface area contributed by atoms with E-state index in [1.165, 1.54) is 12.1 Å². The minimum atomic E-state index is -4.67. The molecule has 1 N–H and O–H groups in total. The summed E-state index contributed by atoms with van der Waals surface area (Å²) >= 11 is 0. The Hall–Kier alpha value is -2.63. The molecular weight excluding hydrogens is 319 g/mol. The Bertz CT molecular complexity index is 721. The molecule has 0 saturated carbocycles. The molecule has 0 radical (unpaired) electrons. The standard InChI is InChI=1S/C18H16F3NO2/c19-18(20,21)24-17-7-1-13(2-8-17)14-9-11-22(12-10-14)15-3-5-16(23)6-4-15/h1-9,23H,10-12H2. The van der Waals surface area contributed by atoms with Crippen LogP contribution in [0.3, 0.4) is 0 Å². The highest BCUT2D eigenvalue weighted by Crippen LogP contribution is 2.29. The number of hydrogen-bond donors (Lipinski definition) is 1. The molecule has 3 nitrogen and oxygen atoms in total. The van der Waals surface area contributed by atoms with Crippen molar-refractivity contribution in [3.63, 3.8) is 0 Å². The molecule has 0 amide bonds. The first-order valence-electron chi connectivity index (χ1n) is 7.50. The zero-order valence-corrected chi connectivity index (χ0v) is 12.8. The Balaban J connectivity index is 1.67. The molecule has 0 unspecified atom stereocenters. The van der Waals surface area contributed by atoms with Crippen LogP contribution in [0.2, 0.25) is 0 Å². The molecule has 0 atom stereocenters. The summed E-state index contributed by atoms with van der Waals surface area (Å²) in [4.78, 5) is 2.17. The normalized spacial score (nSPS) is 15.1. The molecule has 2 aromatic rings. The van der Waals surface area contributed by atoms with Gasteiger partial charge in [0.2, 0.25) is 0 Å². The molecule has 0 aliphatic carbocycles. The van der Waals surface area contributed by atoms with Gasteiger partial charge in [-0.15, -0.1) is 13.2 Å². The Kier molecular flexibility index (Phi) is 4.38. The average molecular weight is 335 g/mol. The van der Waals surface area contributed by atoms with Crippen molar-refractivity contribution in [2.75, 3.05) is 18.0 Å². The number of rotatable bonds is 3. The van der Waals surface area contributed by atoms with Crippen LogP contribution in [0.4, 0.5) is 18.9 Å². The fraction of sp³-hybridized carbons (Fsp3) is 0.222. The third-order valence-corrected chi connectivity index (χ3v) is 3.88. The predicted molar refractivity (Wildman–Crippen MR) is 86.0 cm³/mol. The van der Waals surface area contributed by atoms with Crippen molar-refractivity contribution in [3.8, 4) is 11.5 Å². The van der Waals surface area contributed by atoms with Gasteiger partial charge in [0, 0.05) is 18.8 Å². The SMILES string of the molecule is Oc1ccc(N2CC=C(c3ccc(OC(F)(F)F)cc3)CC2)cc1. The third-order valence-electron chi connectivity index (χ3n) is 3.88. The quantitative estimate of drug-likeness (QED) is 0.891. The molecule has 0 spiro atoms. The molecule has 0 aromatic heterocycles. The van der Waals surface area contributed by atoms with E-state index in [0.29, 0.717) is 6.54 Å². The van der Waals surface area contributed by atoms with Gasteiger partial charge in [-0.2, -0.15) is 0 Å². The largest absolute Gasteiger partial charge is 0.573 e. The summed E-state index contributed by atoms with van der Waals surface area (Å²) in [5, 5.41) is 9.33. The maximum atomic E-state index is 12.2. The van der Waals surface area contributed by atoms with E-state index in [9.17, 15) is 18.3 Å². The second-order valence-electron chi connectivity index (χ2n) is 5.51. The third kappa shape index (κ3) is 4.01. The topological polar surface area (TPSA) is 32.7 Å². The Morgan fingerprint density at radius 1 is 0.958 bits per heavy atom. The minimum Gasteiger partial charge on any atom is -0.508 e. The number of ether oxygens (including phenoxy) is 1. The van der Waals surface area contributed by atoms with Crippen molar-refractivity contribution < 1.29 is 23.0 Å². The van der Waals surface area contributed by atoms with E-state index in [4.69, 9.17) is 0 Å². The zero-order valence-electron chi connectivity index (χ0n) is 12.8. The van der Waals surface area contributed by atoms with E-state index >= 15 is 0 Å². The van der Waals surface area contributed by atoms with Crippen LogP contribution in [0.15, 0.2) is 54.6 Å². The van der Waals surface area contributed by atoms with Crippen molar-refractivity contribution in [2.24, 2.45) is 0 Å². The summed E-state index contributed by atoms with van der Waals surface area (Å²) in [5.74, 6) is 0.0153. The molecule has 0 fully saturated rings. The van der Waals surface area contributed by atoms with Gasteiger partial charge in [-0.1, -0.05) is 18.2 Å². The predicted octanol–water partition coefficient (Wildman–Crippen LogP) is 4.58. The van der Waals surface area contributed by atoms with Crippen molar-refractivity contribution in [2.45, 2.75) is 12.8 Å². The van der Waals surface area contributed by atoms with Gasteiger partial charge in [-0.3, -0.25) is 0 Å². The van der Waals surface area contributed by atoms with E-state index in [0.717, 1.165) is 29.8 Å². The van der Waals surface area contributed by atoms with Crippen LogP contribution in [-0.4, -0.2) is 24.6 Å². The van der Waals surface area contributed by atoms with Crippen LogP contribution in [0.5, 0.6) is 11.5 Å². The number of phenols is 1. The Morgan fingerprint density at radius 3 is 2.17 bits per heavy atom. The van der Waals surface area contributed by atoms with Gasteiger partial charge < -0.3 is 14.7 Å². The van der Waals surface area contributed by atoms with Crippen molar-refractivity contribution in [1.82, 2.24) is 0 Å². The lowest BCUT2D eigenvalue weighted by Gasteiger charge is -2.28. The van der Waals surface area contributed by atoms with Crippen molar-refractivity contribution in [3.05, 3.63) is 60.2 Å². The first kappa shape index (κ1) is 16.2. The molecule has 24 heavy (non-hydrogen) atoms. The molecule has 1 heterocycles. The highest BCUT2D eigenvalue weighted by molar-refractivity contribution is 5.69. The molecule has 3 rings (SSSR count). The highest BCUT2D eigenvalue weighted by atomic mass is 19.4. The van der Waals surface area contributed by atoms with Gasteiger partial charge in [-0.25, -0.2) is 0 Å². The zero-order chi connectivity index (χ0) is 17.2. The fourth-order valence-electron chi connectivity index (χ4n) is 2.70. The maximum absolute atomic E-state index is 12.2. The number of halogens is 3. The molecule has 126 valence electrons. The van der Waals surface area contributed by atoms with Crippen LogP contribution < -0.4 is 9.64 Å². The maximum Gasteiger partial charge on any atom is 0.573 e. The van der Waals surface area contributed by atoms with Gasteiger partial charge in [0.15, 0.2) is 0 Å². The molecule has 6 heteroatoms. The number of benzene rings is 2. The lowest BCUT2D eigenvalue weighted by Crippen LogP contribution is -2.28. The number of aromatic hydroxyl groups is 1. The second-order valence-corrected chi connectivity index (χ2v) is 5.51. The monoisotopic (exact) mass is 335 g/mol. The Morgan fingerprint density at radius 2 is 1.62 bits per heavy atom. The summed E-state index contributed by atoms with van der Waals surface area (Å²) in [6.07, 6.45) is -1.81. The summed E-state index contributed by atoms with van der Waals surface area (Å²) in [6.45, 7) is 1.51. The number of nitrogens with zero attached hydrogens (tertiary/aromatic N) is 1. The van der Waals surface area contributed by atoms with Gasteiger partial charge in [-0.05, 0) is 54.0 Å². The number of hydrogen-bond acceptors (Lipinski definition) is 3. The van der Waals surface area contributed by atoms with Crippen molar-refractivity contribution >= 4 is 11.3 Å². The molecule has 0 saturated heterocycles. The van der Waals surface area contributed by atoms with Gasteiger partial charge in [0.25, 0.3) is 0 Å². The molecule has 0 bridgehead atoms. The van der Waals surface area contributed by atoms with E-state index < -0.39 is 6.36 Å². The van der Waals surface area contributed by atoms with E-state index in [-0.39, 0.29) is 11.5 Å². The van der Waals surface area contributed by atoms with Crippen LogP contribution in [-0.2, 0) is 0 Å². The van der Waals surface area contributed by atoms with Gasteiger partial charge in [0.1, 0.15) is 11.5 Å². The molecule has 1 aliphatic rings. The molecule has 2 aromatic carbocycles. The second kappa shape index (κ2) is 6.47. The van der Waals surface area contributed by atoms with Crippen molar-refractivity contribution in [1.29, 1.82) is 0 Å². The summed E-state index contributed by atoms with van der Waals surface area (Å²) in [5.41, 5.74) is 3.02. The first-order valence-corrected chi connectivity index (χ1v) is 7.50. The van der Waals surface area contributed by atoms with E-state index in [2.05, 4.69) is 15.7 Å². The number of anilines is 1. The number of alkyl halides is 3. The van der Waals surface area contributed by atoms with E-state index in [1.807, 2.05) is 12.1 Å². The lowest BCUT2D eigenvalue weighted by molar-refractivity contribution is -0.274. The smallest absolute Gasteiger partial charge is 0.508 e. The van der Waals surface area contributed by atoms with E-state index in [1.54, 1.807) is 24.3 Å². The summed E-state index contributed by atoms with van der Waals surface area (Å²) in [6, 6.07) is 13.0. The van der Waals surface area contributed by atoms with Crippen LogP contribution in [0.25, 0.3) is 5.57 Å². The first-order chi connectivity index (χ1) is 11.4. The van der Waals surface area contributed by atoms with Crippen LogP contribution in [0, 0.1) is 0 Å².